The monoisotopic (exact) mass is 180 g/mol. The summed E-state index contributed by atoms with van der Waals surface area (Å²) in [6, 6.07) is 3.84. The fraction of sp³-hybridized carbons (Fsp3) is 0.600. The third-order valence-corrected chi connectivity index (χ3v) is 1.92. The van der Waals surface area contributed by atoms with Gasteiger partial charge in [-0.15, -0.1) is 0 Å². The van der Waals surface area contributed by atoms with Gasteiger partial charge in [0, 0.05) is 6.42 Å². The highest BCUT2D eigenvalue weighted by Gasteiger charge is 2.05. The van der Waals surface area contributed by atoms with Crippen molar-refractivity contribution in [2.75, 3.05) is 0 Å². The summed E-state index contributed by atoms with van der Waals surface area (Å²) in [7, 11) is 0. The molecule has 0 fully saturated rings. The summed E-state index contributed by atoms with van der Waals surface area (Å²) < 4.78 is 0. The van der Waals surface area contributed by atoms with Crippen molar-refractivity contribution in [2.24, 2.45) is 0 Å². The van der Waals surface area contributed by atoms with Gasteiger partial charge in [-0.2, -0.15) is 10.2 Å². The minimum absolute atomic E-state index is 0.276. The molecule has 0 saturated carbocycles. The molecule has 1 N–H and O–H groups in total. The number of rotatable bonds is 4. The summed E-state index contributed by atoms with van der Waals surface area (Å²) in [5.74, 6) is 0. The average molecular weight is 180 g/mol. The van der Waals surface area contributed by atoms with Crippen molar-refractivity contribution in [3.63, 3.8) is 0 Å². The molecular formula is C10H16N2O. The molecule has 3 heteroatoms. The number of aliphatic hydroxyl groups excluding tert-OH is 1. The molecule has 0 aliphatic rings. The lowest BCUT2D eigenvalue weighted by Crippen LogP contribution is -2.11. The van der Waals surface area contributed by atoms with Gasteiger partial charge in [-0.25, -0.2) is 0 Å². The summed E-state index contributed by atoms with van der Waals surface area (Å²) in [6.45, 7) is 3.96. The van der Waals surface area contributed by atoms with Gasteiger partial charge in [0.2, 0.25) is 0 Å². The Kier molecular flexibility index (Phi) is 3.83. The van der Waals surface area contributed by atoms with Crippen LogP contribution in [0.4, 0.5) is 0 Å². The molecule has 0 saturated heterocycles. The SMILES string of the molecule is CCCC(O)Cc1ccc(C)nn1. The highest BCUT2D eigenvalue weighted by atomic mass is 16.3. The first kappa shape index (κ1) is 10.1. The molecule has 0 aliphatic heterocycles. The summed E-state index contributed by atoms with van der Waals surface area (Å²) in [4.78, 5) is 0. The van der Waals surface area contributed by atoms with E-state index in [0.29, 0.717) is 6.42 Å². The first-order valence-electron chi connectivity index (χ1n) is 4.69. The summed E-state index contributed by atoms with van der Waals surface area (Å²) >= 11 is 0. The number of hydrogen-bond acceptors (Lipinski definition) is 3. The lowest BCUT2D eigenvalue weighted by Gasteiger charge is -2.07. The van der Waals surface area contributed by atoms with Crippen molar-refractivity contribution < 1.29 is 5.11 Å². The average Bonchev–Trinajstić information content (AvgIpc) is 2.09. The van der Waals surface area contributed by atoms with Crippen molar-refractivity contribution in [1.29, 1.82) is 0 Å². The third-order valence-electron chi connectivity index (χ3n) is 1.92. The van der Waals surface area contributed by atoms with Crippen LogP contribution in [0.25, 0.3) is 0 Å². The summed E-state index contributed by atoms with van der Waals surface area (Å²) in [5.41, 5.74) is 1.78. The van der Waals surface area contributed by atoms with Crippen LogP contribution in [0.15, 0.2) is 12.1 Å². The Labute approximate surface area is 78.8 Å². The van der Waals surface area contributed by atoms with E-state index in [4.69, 9.17) is 0 Å². The number of nitrogens with zero attached hydrogens (tertiary/aromatic N) is 2. The van der Waals surface area contributed by atoms with Crippen molar-refractivity contribution in [2.45, 2.75) is 39.2 Å². The fourth-order valence-electron chi connectivity index (χ4n) is 1.21. The smallest absolute Gasteiger partial charge is 0.0657 e. The van der Waals surface area contributed by atoms with E-state index in [2.05, 4.69) is 17.1 Å². The molecule has 0 aliphatic carbocycles. The Morgan fingerprint density at radius 3 is 2.69 bits per heavy atom. The van der Waals surface area contributed by atoms with Gasteiger partial charge in [-0.1, -0.05) is 13.3 Å². The van der Waals surface area contributed by atoms with Crippen LogP contribution in [0.1, 0.15) is 31.2 Å². The van der Waals surface area contributed by atoms with E-state index in [0.717, 1.165) is 24.2 Å². The van der Waals surface area contributed by atoms with Gasteiger partial charge in [-0.05, 0) is 25.5 Å². The van der Waals surface area contributed by atoms with Crippen LogP contribution < -0.4 is 0 Å². The lowest BCUT2D eigenvalue weighted by molar-refractivity contribution is 0.162. The molecule has 1 unspecified atom stereocenters. The molecule has 0 aromatic carbocycles. The zero-order valence-corrected chi connectivity index (χ0v) is 8.20. The normalized spacial score (nSPS) is 12.8. The van der Waals surface area contributed by atoms with E-state index >= 15 is 0 Å². The Bertz CT molecular complexity index is 246. The Morgan fingerprint density at radius 1 is 1.38 bits per heavy atom. The topological polar surface area (TPSA) is 46.0 Å². The molecule has 1 aromatic heterocycles. The van der Waals surface area contributed by atoms with Gasteiger partial charge >= 0.3 is 0 Å². The molecular weight excluding hydrogens is 164 g/mol. The molecule has 1 atom stereocenters. The van der Waals surface area contributed by atoms with Gasteiger partial charge in [0.1, 0.15) is 0 Å². The van der Waals surface area contributed by atoms with Crippen molar-refractivity contribution in [1.82, 2.24) is 10.2 Å². The Morgan fingerprint density at radius 2 is 2.15 bits per heavy atom. The molecule has 1 heterocycles. The minimum atomic E-state index is -0.276. The van der Waals surface area contributed by atoms with Crippen molar-refractivity contribution in [3.8, 4) is 0 Å². The first-order chi connectivity index (χ1) is 6.22. The van der Waals surface area contributed by atoms with Gasteiger partial charge in [0.25, 0.3) is 0 Å². The van der Waals surface area contributed by atoms with Crippen LogP contribution in [0.2, 0.25) is 0 Å². The standard InChI is InChI=1S/C10H16N2O/c1-3-4-10(13)7-9-6-5-8(2)11-12-9/h5-6,10,13H,3-4,7H2,1-2H3. The number of aromatic nitrogens is 2. The second-order valence-electron chi connectivity index (χ2n) is 3.31. The van der Waals surface area contributed by atoms with E-state index in [1.807, 2.05) is 19.1 Å². The highest BCUT2D eigenvalue weighted by Crippen LogP contribution is 2.04. The van der Waals surface area contributed by atoms with Gasteiger partial charge in [0.15, 0.2) is 0 Å². The molecule has 72 valence electrons. The maximum atomic E-state index is 9.50. The quantitative estimate of drug-likeness (QED) is 0.763. The van der Waals surface area contributed by atoms with Crippen LogP contribution in [0.3, 0.4) is 0 Å². The van der Waals surface area contributed by atoms with E-state index in [9.17, 15) is 5.11 Å². The van der Waals surface area contributed by atoms with Crippen molar-refractivity contribution in [3.05, 3.63) is 23.5 Å². The zero-order valence-electron chi connectivity index (χ0n) is 8.20. The second-order valence-corrected chi connectivity index (χ2v) is 3.31. The predicted octanol–water partition coefficient (Wildman–Crippen LogP) is 1.49. The van der Waals surface area contributed by atoms with Crippen LogP contribution in [-0.4, -0.2) is 21.4 Å². The van der Waals surface area contributed by atoms with Crippen LogP contribution in [0, 0.1) is 6.92 Å². The van der Waals surface area contributed by atoms with E-state index in [-0.39, 0.29) is 6.10 Å². The molecule has 3 nitrogen and oxygen atoms in total. The van der Waals surface area contributed by atoms with E-state index in [1.54, 1.807) is 0 Å². The lowest BCUT2D eigenvalue weighted by atomic mass is 10.1. The van der Waals surface area contributed by atoms with E-state index in [1.165, 1.54) is 0 Å². The predicted molar refractivity (Wildman–Crippen MR) is 51.4 cm³/mol. The number of aliphatic hydroxyl groups is 1. The molecule has 0 spiro atoms. The largest absolute Gasteiger partial charge is 0.393 e. The molecule has 13 heavy (non-hydrogen) atoms. The van der Waals surface area contributed by atoms with Crippen LogP contribution in [0.5, 0.6) is 0 Å². The third kappa shape index (κ3) is 3.51. The number of aryl methyl sites for hydroxylation is 1. The molecule has 0 bridgehead atoms. The van der Waals surface area contributed by atoms with Gasteiger partial charge in [0.05, 0.1) is 17.5 Å². The van der Waals surface area contributed by atoms with Crippen molar-refractivity contribution >= 4 is 0 Å². The maximum Gasteiger partial charge on any atom is 0.0657 e. The van der Waals surface area contributed by atoms with Crippen LogP contribution >= 0.6 is 0 Å². The van der Waals surface area contributed by atoms with E-state index < -0.39 is 0 Å². The first-order valence-corrected chi connectivity index (χ1v) is 4.69. The van der Waals surface area contributed by atoms with Gasteiger partial charge < -0.3 is 5.11 Å². The molecule has 0 radical (unpaired) electrons. The number of hydrogen-bond donors (Lipinski definition) is 1. The summed E-state index contributed by atoms with van der Waals surface area (Å²) in [6.07, 6.45) is 2.17. The molecule has 0 amide bonds. The molecule has 1 aromatic rings. The second kappa shape index (κ2) is 4.92. The van der Waals surface area contributed by atoms with Gasteiger partial charge in [-0.3, -0.25) is 0 Å². The Hall–Kier alpha value is -0.960. The fourth-order valence-corrected chi connectivity index (χ4v) is 1.21. The highest BCUT2D eigenvalue weighted by molar-refractivity contribution is 5.06. The summed E-state index contributed by atoms with van der Waals surface area (Å²) in [5, 5.41) is 17.4. The maximum absolute atomic E-state index is 9.50. The zero-order chi connectivity index (χ0) is 9.68. The molecule has 1 rings (SSSR count). The van der Waals surface area contributed by atoms with Crippen LogP contribution in [-0.2, 0) is 6.42 Å². The minimum Gasteiger partial charge on any atom is -0.393 e. The Balaban J connectivity index is 2.49.